The Hall–Kier alpha value is -2.62. The van der Waals surface area contributed by atoms with Gasteiger partial charge in [0.05, 0.1) is 18.1 Å². The number of hydrogen-bond acceptors (Lipinski definition) is 6. The Balaban J connectivity index is 1.31. The van der Waals surface area contributed by atoms with Crippen molar-refractivity contribution in [2.24, 2.45) is 0 Å². The Morgan fingerprint density at radius 1 is 0.933 bits per heavy atom. The minimum Gasteiger partial charge on any atom is -0.486 e. The zero-order chi connectivity index (χ0) is 21.0. The molecule has 2 aromatic carbocycles. The molecule has 4 rings (SSSR count). The second-order valence-electron chi connectivity index (χ2n) is 7.02. The second kappa shape index (κ2) is 9.03. The summed E-state index contributed by atoms with van der Waals surface area (Å²) < 4.78 is 42.9. The molecule has 0 aromatic heterocycles. The fourth-order valence-electron chi connectivity index (χ4n) is 3.37. The molecule has 0 bridgehead atoms. The van der Waals surface area contributed by atoms with Gasteiger partial charge in [0.1, 0.15) is 13.2 Å². The lowest BCUT2D eigenvalue weighted by Gasteiger charge is -2.26. The molecule has 9 heteroatoms. The monoisotopic (exact) mass is 432 g/mol. The van der Waals surface area contributed by atoms with Crippen LogP contribution < -0.4 is 14.8 Å². The third kappa shape index (κ3) is 4.58. The number of amides is 1. The van der Waals surface area contributed by atoms with Gasteiger partial charge in [-0.3, -0.25) is 4.79 Å². The molecular formula is C21H24N2O6S. The molecule has 1 fully saturated rings. The Morgan fingerprint density at radius 3 is 2.37 bits per heavy atom. The SMILES string of the molecule is O=C(NCCc1ccc(S(=O)(=O)N2CCOCC2)cc1)c1ccc2c(c1)OCCO2. The van der Waals surface area contributed by atoms with Crippen molar-refractivity contribution in [3.8, 4) is 11.5 Å². The number of fused-ring (bicyclic) bond motifs is 1. The van der Waals surface area contributed by atoms with E-state index in [1.807, 2.05) is 0 Å². The highest BCUT2D eigenvalue weighted by Gasteiger charge is 2.26. The van der Waals surface area contributed by atoms with Crippen molar-refractivity contribution in [3.05, 3.63) is 53.6 Å². The van der Waals surface area contributed by atoms with Crippen molar-refractivity contribution in [2.75, 3.05) is 46.1 Å². The average molecular weight is 432 g/mol. The van der Waals surface area contributed by atoms with Crippen molar-refractivity contribution in [1.29, 1.82) is 0 Å². The van der Waals surface area contributed by atoms with E-state index in [0.29, 0.717) is 69.5 Å². The standard InChI is InChI=1S/C21H24N2O6S/c24-21(17-3-6-19-20(15-17)29-14-13-28-19)22-8-7-16-1-4-18(5-2-16)30(25,26)23-9-11-27-12-10-23/h1-6,15H,7-14H2,(H,22,24). The normalized spacial score (nSPS) is 16.8. The van der Waals surface area contributed by atoms with Crippen molar-refractivity contribution in [2.45, 2.75) is 11.3 Å². The topological polar surface area (TPSA) is 94.2 Å². The summed E-state index contributed by atoms with van der Waals surface area (Å²) in [6.45, 7) is 2.98. The first-order valence-electron chi connectivity index (χ1n) is 9.89. The molecule has 160 valence electrons. The Morgan fingerprint density at radius 2 is 1.63 bits per heavy atom. The fraction of sp³-hybridized carbons (Fsp3) is 0.381. The van der Waals surface area contributed by atoms with Gasteiger partial charge in [0.2, 0.25) is 10.0 Å². The molecule has 2 aliphatic heterocycles. The van der Waals surface area contributed by atoms with Crippen LogP contribution in [0, 0.1) is 0 Å². The quantitative estimate of drug-likeness (QED) is 0.743. The molecule has 0 aliphatic carbocycles. The molecular weight excluding hydrogens is 408 g/mol. The van der Waals surface area contributed by atoms with Gasteiger partial charge in [-0.25, -0.2) is 8.42 Å². The van der Waals surface area contributed by atoms with Crippen LogP contribution in [-0.2, 0) is 21.2 Å². The molecule has 0 radical (unpaired) electrons. The molecule has 2 aromatic rings. The number of benzene rings is 2. The van der Waals surface area contributed by atoms with Crippen LogP contribution in [0.25, 0.3) is 0 Å². The molecule has 0 spiro atoms. The smallest absolute Gasteiger partial charge is 0.251 e. The van der Waals surface area contributed by atoms with Gasteiger partial charge < -0.3 is 19.5 Å². The van der Waals surface area contributed by atoms with E-state index < -0.39 is 10.0 Å². The molecule has 2 heterocycles. The van der Waals surface area contributed by atoms with E-state index in [4.69, 9.17) is 14.2 Å². The summed E-state index contributed by atoms with van der Waals surface area (Å²) in [6.07, 6.45) is 0.591. The van der Waals surface area contributed by atoms with Gasteiger partial charge in [-0.05, 0) is 42.3 Å². The van der Waals surface area contributed by atoms with Crippen molar-refractivity contribution in [3.63, 3.8) is 0 Å². The lowest BCUT2D eigenvalue weighted by molar-refractivity contribution is 0.0730. The Kier molecular flexibility index (Phi) is 6.21. The third-order valence-electron chi connectivity index (χ3n) is 5.03. The number of nitrogens with zero attached hydrogens (tertiary/aromatic N) is 1. The fourth-order valence-corrected chi connectivity index (χ4v) is 4.78. The summed E-state index contributed by atoms with van der Waals surface area (Å²) in [7, 11) is -3.49. The maximum absolute atomic E-state index is 12.7. The largest absolute Gasteiger partial charge is 0.486 e. The highest BCUT2D eigenvalue weighted by Crippen LogP contribution is 2.30. The second-order valence-corrected chi connectivity index (χ2v) is 8.96. The maximum atomic E-state index is 12.7. The summed E-state index contributed by atoms with van der Waals surface area (Å²) in [5.74, 6) is 1.02. The number of nitrogens with one attached hydrogen (secondary N) is 1. The van der Waals surface area contributed by atoms with Crippen molar-refractivity contribution in [1.82, 2.24) is 9.62 Å². The summed E-state index contributed by atoms with van der Waals surface area (Å²) in [5.41, 5.74) is 1.45. The lowest BCUT2D eigenvalue weighted by Crippen LogP contribution is -2.40. The highest BCUT2D eigenvalue weighted by molar-refractivity contribution is 7.89. The number of sulfonamides is 1. The van der Waals surface area contributed by atoms with E-state index in [9.17, 15) is 13.2 Å². The first kappa shape index (κ1) is 20.6. The van der Waals surface area contributed by atoms with Gasteiger partial charge in [-0.1, -0.05) is 12.1 Å². The summed E-state index contributed by atoms with van der Waals surface area (Å²) in [4.78, 5) is 12.7. The number of ether oxygens (including phenoxy) is 3. The predicted octanol–water partition coefficient (Wildman–Crippen LogP) is 1.45. The highest BCUT2D eigenvalue weighted by atomic mass is 32.2. The number of morpholine rings is 1. The minimum absolute atomic E-state index is 0.196. The molecule has 8 nitrogen and oxygen atoms in total. The number of hydrogen-bond donors (Lipinski definition) is 1. The molecule has 0 atom stereocenters. The van der Waals surface area contributed by atoms with Gasteiger partial charge >= 0.3 is 0 Å². The molecule has 1 saturated heterocycles. The van der Waals surface area contributed by atoms with Gasteiger partial charge in [0.25, 0.3) is 5.91 Å². The van der Waals surface area contributed by atoms with Gasteiger partial charge in [0.15, 0.2) is 11.5 Å². The zero-order valence-corrected chi connectivity index (χ0v) is 17.3. The van der Waals surface area contributed by atoms with Crippen LogP contribution in [0.1, 0.15) is 15.9 Å². The van der Waals surface area contributed by atoms with E-state index in [2.05, 4.69) is 5.32 Å². The van der Waals surface area contributed by atoms with E-state index in [-0.39, 0.29) is 10.8 Å². The summed E-state index contributed by atoms with van der Waals surface area (Å²) >= 11 is 0. The van der Waals surface area contributed by atoms with Crippen LogP contribution in [0.5, 0.6) is 11.5 Å². The van der Waals surface area contributed by atoms with Gasteiger partial charge in [-0.2, -0.15) is 4.31 Å². The van der Waals surface area contributed by atoms with Crippen LogP contribution in [0.2, 0.25) is 0 Å². The van der Waals surface area contributed by atoms with E-state index in [1.54, 1.807) is 42.5 Å². The van der Waals surface area contributed by atoms with Gasteiger partial charge in [0, 0.05) is 25.2 Å². The maximum Gasteiger partial charge on any atom is 0.251 e. The molecule has 1 amide bonds. The molecule has 0 unspecified atom stereocenters. The van der Waals surface area contributed by atoms with Crippen LogP contribution >= 0.6 is 0 Å². The molecule has 1 N–H and O–H groups in total. The van der Waals surface area contributed by atoms with Crippen LogP contribution in [0.3, 0.4) is 0 Å². The third-order valence-corrected chi connectivity index (χ3v) is 6.95. The van der Waals surface area contributed by atoms with E-state index in [1.165, 1.54) is 4.31 Å². The van der Waals surface area contributed by atoms with E-state index >= 15 is 0 Å². The number of carbonyl (C=O) groups excluding carboxylic acids is 1. The molecule has 0 saturated carbocycles. The zero-order valence-electron chi connectivity index (χ0n) is 16.5. The number of carbonyl (C=O) groups is 1. The molecule has 2 aliphatic rings. The number of rotatable bonds is 6. The van der Waals surface area contributed by atoms with Crippen LogP contribution in [-0.4, -0.2) is 64.7 Å². The van der Waals surface area contributed by atoms with Crippen molar-refractivity contribution >= 4 is 15.9 Å². The molecule has 30 heavy (non-hydrogen) atoms. The van der Waals surface area contributed by atoms with Gasteiger partial charge in [-0.15, -0.1) is 0 Å². The Bertz CT molecular complexity index is 1000. The summed E-state index contributed by atoms with van der Waals surface area (Å²) in [6, 6.07) is 11.9. The predicted molar refractivity (Wildman–Crippen MR) is 109 cm³/mol. The minimum atomic E-state index is -3.49. The van der Waals surface area contributed by atoms with E-state index in [0.717, 1.165) is 5.56 Å². The van der Waals surface area contributed by atoms with Crippen molar-refractivity contribution < 1.29 is 27.4 Å². The van der Waals surface area contributed by atoms with Crippen LogP contribution in [0.15, 0.2) is 47.4 Å². The first-order chi connectivity index (χ1) is 14.5. The van der Waals surface area contributed by atoms with Crippen LogP contribution in [0.4, 0.5) is 0 Å². The Labute approximate surface area is 175 Å². The summed E-state index contributed by atoms with van der Waals surface area (Å²) in [5, 5.41) is 2.88. The lowest BCUT2D eigenvalue weighted by atomic mass is 10.1. The average Bonchev–Trinajstić information content (AvgIpc) is 2.79. The first-order valence-corrected chi connectivity index (χ1v) is 11.3.